The molecular weight excluding hydrogens is 345 g/mol. The Morgan fingerprint density at radius 2 is 1.56 bits per heavy atom. The number of hydrogen-bond acceptors (Lipinski definition) is 4. The van der Waals surface area contributed by atoms with Crippen LogP contribution in [0.4, 0.5) is 4.39 Å². The lowest BCUT2D eigenvalue weighted by Gasteiger charge is -2.14. The van der Waals surface area contributed by atoms with Gasteiger partial charge in [-0.25, -0.2) is 4.39 Å². The zero-order valence-corrected chi connectivity index (χ0v) is 14.7. The van der Waals surface area contributed by atoms with E-state index >= 15 is 0 Å². The Labute approximate surface area is 157 Å². The molecule has 3 aromatic rings. The molecule has 134 valence electrons. The third-order valence-electron chi connectivity index (χ3n) is 4.23. The van der Waals surface area contributed by atoms with Crippen LogP contribution in [0, 0.1) is 5.82 Å². The van der Waals surface area contributed by atoms with Crippen molar-refractivity contribution in [2.45, 2.75) is 6.92 Å². The Balaban J connectivity index is 1.73. The summed E-state index contributed by atoms with van der Waals surface area (Å²) in [7, 11) is -3.11. The maximum atomic E-state index is 14.4. The Morgan fingerprint density at radius 3 is 2.15 bits per heavy atom. The second-order valence-electron chi connectivity index (χ2n) is 6.12. The number of rotatable bonds is 6. The van der Waals surface area contributed by atoms with Crippen LogP contribution in [-0.2, 0) is 4.57 Å². The molecule has 7 heteroatoms. The first-order chi connectivity index (χ1) is 13.0. The molecule has 0 unspecified atom stereocenters. The third-order valence-corrected chi connectivity index (χ3v) is 4.23. The largest absolute Gasteiger partial charge is 0.480 e. The lowest BCUT2D eigenvalue weighted by atomic mass is 9.70. The van der Waals surface area contributed by atoms with E-state index in [0.29, 0.717) is 16.6 Å². The van der Waals surface area contributed by atoms with Crippen LogP contribution in [0.25, 0.3) is 11.1 Å². The molecule has 27 heavy (non-hydrogen) atoms. The van der Waals surface area contributed by atoms with Crippen molar-refractivity contribution >= 4 is 30.9 Å². The van der Waals surface area contributed by atoms with Crippen LogP contribution in [0.15, 0.2) is 72.8 Å². The van der Waals surface area contributed by atoms with Crippen LogP contribution < -0.4 is 10.9 Å². The number of halogens is 1. The minimum Gasteiger partial charge on any atom is -0.443 e. The van der Waals surface area contributed by atoms with Crippen LogP contribution in [0.3, 0.4) is 0 Å². The van der Waals surface area contributed by atoms with Crippen molar-refractivity contribution in [1.82, 2.24) is 0 Å². The van der Waals surface area contributed by atoms with Gasteiger partial charge in [-0.3, -0.25) is 4.79 Å². The summed E-state index contributed by atoms with van der Waals surface area (Å²) in [5, 5.41) is 20.3. The molecule has 0 atom stereocenters. The summed E-state index contributed by atoms with van der Waals surface area (Å²) in [6, 6.07) is 19.8. The van der Waals surface area contributed by atoms with Gasteiger partial charge in [-0.05, 0) is 29.6 Å². The molecule has 2 N–H and O–H groups in total. The highest BCUT2D eigenvalue weighted by molar-refractivity contribution is 6.73. The van der Waals surface area contributed by atoms with Crippen LogP contribution in [0.2, 0.25) is 0 Å². The van der Waals surface area contributed by atoms with Gasteiger partial charge in [0.2, 0.25) is 0 Å². The fourth-order valence-electron chi connectivity index (χ4n) is 2.69. The minimum absolute atomic E-state index is 0.0749. The van der Waals surface area contributed by atoms with E-state index < -0.39 is 20.1 Å². The Kier molecular flexibility index (Phi) is 5.86. The molecule has 0 bridgehead atoms. The first-order valence-corrected chi connectivity index (χ1v) is 8.43. The molecule has 0 saturated carbocycles. The van der Waals surface area contributed by atoms with E-state index in [2.05, 4.69) is 0 Å². The van der Waals surface area contributed by atoms with E-state index in [9.17, 15) is 19.2 Å². The van der Waals surface area contributed by atoms with Gasteiger partial charge in [0.15, 0.2) is 5.78 Å². The number of hydrogen-bond donors (Lipinski definition) is 2. The highest BCUT2D eigenvalue weighted by Gasteiger charge is 2.28. The van der Waals surface area contributed by atoms with Crippen molar-refractivity contribution in [2.75, 3.05) is 0 Å². The molecule has 3 aromatic carbocycles. The van der Waals surface area contributed by atoms with Gasteiger partial charge in [-0.1, -0.05) is 66.7 Å². The van der Waals surface area contributed by atoms with E-state index in [1.807, 2.05) is 30.3 Å². The van der Waals surface area contributed by atoms with Gasteiger partial charge in [0.1, 0.15) is 5.82 Å². The van der Waals surface area contributed by atoms with Gasteiger partial charge in [-0.2, -0.15) is 0 Å². The smallest absolute Gasteiger partial charge is 0.443 e. The quantitative estimate of drug-likeness (QED) is 0.519. The van der Waals surface area contributed by atoms with E-state index in [-0.39, 0.29) is 11.2 Å². The maximum Gasteiger partial charge on any atom is 0.480 e. The molecule has 0 spiro atoms. The molecule has 0 aromatic heterocycles. The summed E-state index contributed by atoms with van der Waals surface area (Å²) in [4.78, 5) is 11.3. The standard InChI is InChI=1S/C20H17B2FO4/c1-14(24)15-7-10-18(11-8-15)21(25)27-22(26)19-12-9-17(13-20(19)23)16-5-3-2-4-6-16/h2-13,25-26H,1H3. The van der Waals surface area contributed by atoms with Crippen LogP contribution in [0.1, 0.15) is 17.3 Å². The zero-order chi connectivity index (χ0) is 19.4. The second-order valence-corrected chi connectivity index (χ2v) is 6.12. The van der Waals surface area contributed by atoms with Crippen LogP contribution in [0.5, 0.6) is 0 Å². The van der Waals surface area contributed by atoms with Gasteiger partial charge < -0.3 is 14.6 Å². The average Bonchev–Trinajstić information content (AvgIpc) is 2.68. The predicted molar refractivity (Wildman–Crippen MR) is 105 cm³/mol. The van der Waals surface area contributed by atoms with Crippen molar-refractivity contribution in [3.05, 3.63) is 84.2 Å². The molecule has 0 aliphatic rings. The predicted octanol–water partition coefficient (Wildman–Crippen LogP) is 1.79. The molecule has 0 radical (unpaired) electrons. The topological polar surface area (TPSA) is 66.8 Å². The lowest BCUT2D eigenvalue weighted by molar-refractivity contribution is 0.101. The molecule has 0 heterocycles. The summed E-state index contributed by atoms with van der Waals surface area (Å²) in [6.45, 7) is 1.44. The number of carbonyl (C=O) groups is 1. The monoisotopic (exact) mass is 362 g/mol. The normalized spacial score (nSPS) is 10.5. The van der Waals surface area contributed by atoms with Crippen molar-refractivity contribution in [2.24, 2.45) is 0 Å². The van der Waals surface area contributed by atoms with E-state index in [0.717, 1.165) is 5.56 Å². The van der Waals surface area contributed by atoms with E-state index in [1.165, 1.54) is 31.2 Å². The first-order valence-electron chi connectivity index (χ1n) is 8.43. The van der Waals surface area contributed by atoms with Gasteiger partial charge in [0, 0.05) is 11.0 Å². The zero-order valence-electron chi connectivity index (χ0n) is 14.7. The van der Waals surface area contributed by atoms with Gasteiger partial charge in [0.25, 0.3) is 0 Å². The number of Topliss-reactive ketones (excluding diaryl/α,β-unsaturated/α-hetero) is 1. The third kappa shape index (κ3) is 4.52. The van der Waals surface area contributed by atoms with Crippen molar-refractivity contribution < 1.29 is 23.8 Å². The maximum absolute atomic E-state index is 14.4. The minimum atomic E-state index is -1.64. The van der Waals surface area contributed by atoms with E-state index in [4.69, 9.17) is 4.57 Å². The second kappa shape index (κ2) is 8.31. The molecule has 0 aliphatic carbocycles. The average molecular weight is 362 g/mol. The highest BCUT2D eigenvalue weighted by atomic mass is 19.1. The van der Waals surface area contributed by atoms with Crippen molar-refractivity contribution in [3.8, 4) is 11.1 Å². The van der Waals surface area contributed by atoms with Gasteiger partial charge in [0.05, 0.1) is 0 Å². The number of carbonyl (C=O) groups excluding carboxylic acids is 1. The lowest BCUT2D eigenvalue weighted by Crippen LogP contribution is -2.46. The first kappa shape index (κ1) is 19.0. The van der Waals surface area contributed by atoms with Crippen LogP contribution in [-0.4, -0.2) is 30.1 Å². The van der Waals surface area contributed by atoms with Gasteiger partial charge >= 0.3 is 14.2 Å². The van der Waals surface area contributed by atoms with Crippen LogP contribution >= 0.6 is 0 Å². The highest BCUT2D eigenvalue weighted by Crippen LogP contribution is 2.19. The SMILES string of the molecule is CC(=O)c1ccc(B(O)OB(O)c2ccc(-c3ccccc3)cc2F)cc1. The molecule has 4 nitrogen and oxygen atoms in total. The summed E-state index contributed by atoms with van der Waals surface area (Å²) < 4.78 is 19.6. The van der Waals surface area contributed by atoms with Gasteiger partial charge in [-0.15, -0.1) is 0 Å². The summed E-state index contributed by atoms with van der Waals surface area (Å²) in [5.41, 5.74) is 2.29. The fourth-order valence-corrected chi connectivity index (χ4v) is 2.69. The van der Waals surface area contributed by atoms with Crippen molar-refractivity contribution in [1.29, 1.82) is 0 Å². The summed E-state index contributed by atoms with van der Waals surface area (Å²) in [5.74, 6) is -0.736. The summed E-state index contributed by atoms with van der Waals surface area (Å²) in [6.07, 6.45) is 0. The number of ketones is 1. The molecule has 0 saturated heterocycles. The molecule has 0 fully saturated rings. The van der Waals surface area contributed by atoms with E-state index in [1.54, 1.807) is 18.2 Å². The summed E-state index contributed by atoms with van der Waals surface area (Å²) >= 11 is 0. The van der Waals surface area contributed by atoms with Crippen molar-refractivity contribution in [3.63, 3.8) is 0 Å². The molecule has 3 rings (SSSR count). The number of benzene rings is 3. The Hall–Kier alpha value is -2.73. The molecule has 0 aliphatic heterocycles. The molecular formula is C20H17B2FO4. The fraction of sp³-hybridized carbons (Fsp3) is 0.0500. The Morgan fingerprint density at radius 1 is 0.889 bits per heavy atom. The molecule has 0 amide bonds. The Bertz CT molecular complexity index is 932.